The molecule has 0 heterocycles. The highest BCUT2D eigenvalue weighted by Crippen LogP contribution is 2.26. The SMILES string of the molecule is CCCC(CC)CCC(C)(C)C. The molecule has 0 radical (unpaired) electrons. The highest BCUT2D eigenvalue weighted by molar-refractivity contribution is 4.65. The highest BCUT2D eigenvalue weighted by atomic mass is 14.2. The molecule has 0 aromatic heterocycles. The molecule has 1 atom stereocenters. The molecule has 12 heavy (non-hydrogen) atoms. The summed E-state index contributed by atoms with van der Waals surface area (Å²) in [5.74, 6) is 0.981. The van der Waals surface area contributed by atoms with Crippen molar-refractivity contribution in [2.45, 2.75) is 66.7 Å². The Balaban J connectivity index is 3.58. The first kappa shape index (κ1) is 12.0. The normalized spacial score (nSPS) is 14.8. The molecule has 1 unspecified atom stereocenters. The first-order valence-corrected chi connectivity index (χ1v) is 5.49. The molecule has 0 fully saturated rings. The van der Waals surface area contributed by atoms with Crippen molar-refractivity contribution in [3.8, 4) is 0 Å². The van der Waals surface area contributed by atoms with Gasteiger partial charge in [0.25, 0.3) is 0 Å². The molecule has 74 valence electrons. The van der Waals surface area contributed by atoms with Crippen molar-refractivity contribution in [3.63, 3.8) is 0 Å². The van der Waals surface area contributed by atoms with E-state index in [0.717, 1.165) is 5.92 Å². The van der Waals surface area contributed by atoms with Crippen LogP contribution in [0.25, 0.3) is 0 Å². The predicted molar refractivity (Wildman–Crippen MR) is 57.4 cm³/mol. The van der Waals surface area contributed by atoms with Crippen LogP contribution >= 0.6 is 0 Å². The van der Waals surface area contributed by atoms with Gasteiger partial charge in [-0.25, -0.2) is 0 Å². The lowest BCUT2D eigenvalue weighted by Gasteiger charge is -2.22. The van der Waals surface area contributed by atoms with Crippen molar-refractivity contribution in [2.75, 3.05) is 0 Å². The summed E-state index contributed by atoms with van der Waals surface area (Å²) in [6, 6.07) is 0. The molecule has 0 aliphatic heterocycles. The Bertz CT molecular complexity index is 97.1. The first-order chi connectivity index (χ1) is 5.49. The summed E-state index contributed by atoms with van der Waals surface area (Å²) in [5, 5.41) is 0. The topological polar surface area (TPSA) is 0 Å². The summed E-state index contributed by atoms with van der Waals surface area (Å²) < 4.78 is 0. The van der Waals surface area contributed by atoms with Crippen LogP contribution in [0.3, 0.4) is 0 Å². The van der Waals surface area contributed by atoms with E-state index in [-0.39, 0.29) is 0 Å². The van der Waals surface area contributed by atoms with E-state index in [9.17, 15) is 0 Å². The van der Waals surface area contributed by atoms with Gasteiger partial charge in [-0.1, -0.05) is 53.9 Å². The molecule has 0 aromatic rings. The van der Waals surface area contributed by atoms with Gasteiger partial charge < -0.3 is 0 Å². The van der Waals surface area contributed by atoms with Gasteiger partial charge >= 0.3 is 0 Å². The van der Waals surface area contributed by atoms with Crippen LogP contribution in [0.5, 0.6) is 0 Å². The highest BCUT2D eigenvalue weighted by Gasteiger charge is 2.13. The molecule has 0 aromatic carbocycles. The average Bonchev–Trinajstić information content (AvgIpc) is 1.96. The minimum Gasteiger partial charge on any atom is -0.0654 e. The summed E-state index contributed by atoms with van der Waals surface area (Å²) in [7, 11) is 0. The molecular weight excluding hydrogens is 144 g/mol. The first-order valence-electron chi connectivity index (χ1n) is 5.49. The summed E-state index contributed by atoms with van der Waals surface area (Å²) in [5.41, 5.74) is 0.529. The third-order valence-corrected chi connectivity index (χ3v) is 2.58. The standard InChI is InChI=1S/C12H26/c1-6-8-11(7-2)9-10-12(3,4)5/h11H,6-10H2,1-5H3. The van der Waals surface area contributed by atoms with Crippen LogP contribution in [-0.4, -0.2) is 0 Å². The Hall–Kier alpha value is 0. The van der Waals surface area contributed by atoms with E-state index < -0.39 is 0 Å². The van der Waals surface area contributed by atoms with Crippen LogP contribution < -0.4 is 0 Å². The maximum absolute atomic E-state index is 2.34. The number of hydrogen-bond donors (Lipinski definition) is 0. The summed E-state index contributed by atoms with van der Waals surface area (Å²) in [6.45, 7) is 11.6. The van der Waals surface area contributed by atoms with Crippen molar-refractivity contribution in [3.05, 3.63) is 0 Å². The molecule has 0 aliphatic rings. The quantitative estimate of drug-likeness (QED) is 0.564. The molecule has 0 N–H and O–H groups in total. The fraction of sp³-hybridized carbons (Fsp3) is 1.00. The van der Waals surface area contributed by atoms with E-state index in [2.05, 4.69) is 34.6 Å². The monoisotopic (exact) mass is 170 g/mol. The lowest BCUT2D eigenvalue weighted by atomic mass is 9.84. The minimum atomic E-state index is 0.529. The van der Waals surface area contributed by atoms with Crippen molar-refractivity contribution >= 4 is 0 Å². The van der Waals surface area contributed by atoms with Crippen molar-refractivity contribution in [1.29, 1.82) is 0 Å². The zero-order chi connectivity index (χ0) is 9.61. The van der Waals surface area contributed by atoms with Crippen molar-refractivity contribution < 1.29 is 0 Å². The van der Waals surface area contributed by atoms with Gasteiger partial charge in [0.15, 0.2) is 0 Å². The van der Waals surface area contributed by atoms with Gasteiger partial charge in [-0.3, -0.25) is 0 Å². The van der Waals surface area contributed by atoms with Crippen molar-refractivity contribution in [1.82, 2.24) is 0 Å². The van der Waals surface area contributed by atoms with Crippen LogP contribution in [0, 0.1) is 11.3 Å². The van der Waals surface area contributed by atoms with E-state index in [4.69, 9.17) is 0 Å². The lowest BCUT2D eigenvalue weighted by Crippen LogP contribution is -2.08. The number of rotatable bonds is 5. The Morgan fingerprint density at radius 2 is 1.58 bits per heavy atom. The lowest BCUT2D eigenvalue weighted by molar-refractivity contribution is 0.307. The van der Waals surface area contributed by atoms with Gasteiger partial charge in [0.1, 0.15) is 0 Å². The van der Waals surface area contributed by atoms with E-state index in [1.54, 1.807) is 0 Å². The van der Waals surface area contributed by atoms with Gasteiger partial charge in [0.2, 0.25) is 0 Å². The molecule has 0 saturated carbocycles. The minimum absolute atomic E-state index is 0.529. The van der Waals surface area contributed by atoms with Gasteiger partial charge in [-0.15, -0.1) is 0 Å². The maximum atomic E-state index is 2.34. The third-order valence-electron chi connectivity index (χ3n) is 2.58. The molecular formula is C12H26. The van der Waals surface area contributed by atoms with Gasteiger partial charge in [0.05, 0.1) is 0 Å². The fourth-order valence-electron chi connectivity index (χ4n) is 1.60. The molecule has 0 aliphatic carbocycles. The summed E-state index contributed by atoms with van der Waals surface area (Å²) in [4.78, 5) is 0. The Labute approximate surface area is 78.8 Å². The summed E-state index contributed by atoms with van der Waals surface area (Å²) in [6.07, 6.45) is 6.94. The average molecular weight is 170 g/mol. The van der Waals surface area contributed by atoms with Gasteiger partial charge in [0, 0.05) is 0 Å². The second-order valence-corrected chi connectivity index (χ2v) is 5.16. The second kappa shape index (κ2) is 5.61. The van der Waals surface area contributed by atoms with Crippen molar-refractivity contribution in [2.24, 2.45) is 11.3 Å². The maximum Gasteiger partial charge on any atom is -0.0383 e. The van der Waals surface area contributed by atoms with Gasteiger partial charge in [-0.2, -0.15) is 0 Å². The molecule has 0 heteroatoms. The molecule has 0 bridgehead atoms. The Kier molecular flexibility index (Phi) is 5.61. The van der Waals surface area contributed by atoms with Crippen LogP contribution in [0.4, 0.5) is 0 Å². The molecule has 0 amide bonds. The fourth-order valence-corrected chi connectivity index (χ4v) is 1.60. The van der Waals surface area contributed by atoms with Crippen LogP contribution in [0.2, 0.25) is 0 Å². The van der Waals surface area contributed by atoms with E-state index in [1.165, 1.54) is 32.1 Å². The number of hydrogen-bond acceptors (Lipinski definition) is 0. The second-order valence-electron chi connectivity index (χ2n) is 5.16. The van der Waals surface area contributed by atoms with Crippen LogP contribution in [-0.2, 0) is 0 Å². The van der Waals surface area contributed by atoms with E-state index in [0.29, 0.717) is 5.41 Å². The third kappa shape index (κ3) is 6.69. The molecule has 0 rings (SSSR count). The molecule has 0 nitrogen and oxygen atoms in total. The summed E-state index contributed by atoms with van der Waals surface area (Å²) >= 11 is 0. The smallest absolute Gasteiger partial charge is 0.0383 e. The van der Waals surface area contributed by atoms with Crippen LogP contribution in [0.1, 0.15) is 66.7 Å². The molecule has 0 saturated heterocycles. The van der Waals surface area contributed by atoms with Crippen LogP contribution in [0.15, 0.2) is 0 Å². The Morgan fingerprint density at radius 3 is 1.92 bits per heavy atom. The van der Waals surface area contributed by atoms with E-state index in [1.807, 2.05) is 0 Å². The zero-order valence-electron chi connectivity index (χ0n) is 9.61. The zero-order valence-corrected chi connectivity index (χ0v) is 9.61. The van der Waals surface area contributed by atoms with Gasteiger partial charge in [-0.05, 0) is 24.2 Å². The predicted octanol–water partition coefficient (Wildman–Crippen LogP) is 4.64. The Morgan fingerprint density at radius 1 is 1.00 bits per heavy atom. The van der Waals surface area contributed by atoms with E-state index >= 15 is 0 Å². The largest absolute Gasteiger partial charge is 0.0654 e. The molecule has 0 spiro atoms.